The molecule has 0 bridgehead atoms. The van der Waals surface area contributed by atoms with Gasteiger partial charge in [-0.3, -0.25) is 9.69 Å². The molecule has 2 N–H and O–H groups in total. The second-order valence-electron chi connectivity index (χ2n) is 11.0. The van der Waals surface area contributed by atoms with Crippen LogP contribution in [0.4, 0.5) is 51.3 Å². The Bertz CT molecular complexity index is 2180. The smallest absolute Gasteiger partial charge is 0.327 e. The van der Waals surface area contributed by atoms with Crippen LogP contribution in [0.3, 0.4) is 0 Å². The maximum absolute atomic E-state index is 14.6. The fourth-order valence-electron chi connectivity index (χ4n) is 6.16. The predicted molar refractivity (Wildman–Crippen MR) is 156 cm³/mol. The Balaban J connectivity index is 1.50. The Hall–Kier alpha value is -5.25. The van der Waals surface area contributed by atoms with Gasteiger partial charge in [0.15, 0.2) is 11.3 Å². The van der Waals surface area contributed by atoms with Crippen molar-refractivity contribution in [1.29, 1.82) is 0 Å². The molecule has 1 atom stereocenters. The molecular weight excluding hydrogens is 676 g/mol. The predicted octanol–water partition coefficient (Wildman–Crippen LogP) is 7.79. The summed E-state index contributed by atoms with van der Waals surface area (Å²) in [6, 6.07) is 6.06. The highest BCUT2D eigenvalue weighted by Crippen LogP contribution is 2.51. The van der Waals surface area contributed by atoms with E-state index in [4.69, 9.17) is 11.6 Å². The number of hydrogen-bond acceptors (Lipinski definition) is 4. The maximum Gasteiger partial charge on any atom is 0.434 e. The van der Waals surface area contributed by atoms with E-state index in [9.17, 15) is 44.7 Å². The average molecular weight is 693 g/mol. The highest BCUT2D eigenvalue weighted by molar-refractivity contribution is 6.31. The third-order valence-electron chi connectivity index (χ3n) is 8.11. The average Bonchev–Trinajstić information content (AvgIpc) is 3.67. The number of anilines is 2. The minimum Gasteiger partial charge on any atom is -0.327 e. The van der Waals surface area contributed by atoms with E-state index < -0.39 is 64.4 Å². The lowest BCUT2D eigenvalue weighted by Gasteiger charge is -2.35. The molecule has 17 heteroatoms. The van der Waals surface area contributed by atoms with Gasteiger partial charge in [-0.25, -0.2) is 23.1 Å². The second-order valence-corrected chi connectivity index (χ2v) is 11.4. The number of nitrogens with zero attached hydrogens (tertiary/aromatic N) is 4. The van der Waals surface area contributed by atoms with Crippen LogP contribution in [-0.2, 0) is 18.8 Å². The van der Waals surface area contributed by atoms with Crippen LogP contribution in [0.25, 0.3) is 16.8 Å². The van der Waals surface area contributed by atoms with E-state index in [1.807, 2.05) is 0 Å². The molecule has 0 radical (unpaired) electrons. The zero-order valence-electron chi connectivity index (χ0n) is 23.8. The summed E-state index contributed by atoms with van der Waals surface area (Å²) in [5.74, 6) is -3.37. The topological polar surface area (TPSA) is 91.6 Å². The molecule has 0 saturated carbocycles. The number of carbonyl (C=O) groups is 2. The lowest BCUT2D eigenvalue weighted by molar-refractivity contribution is -0.142. The SMILES string of the molecule is O=C(Nc1cc(-c2ccc3ncnn3c2C(F)(F)F)c2c3c1C(c1cc(F)ccc1Cl)NC(=O)N3CC2)c1cc(F)cc(C(F)(F)F)c1. The number of amides is 3. The number of rotatable bonds is 4. The largest absolute Gasteiger partial charge is 0.434 e. The first-order valence-corrected chi connectivity index (χ1v) is 14.3. The van der Waals surface area contributed by atoms with Gasteiger partial charge in [-0.1, -0.05) is 11.6 Å². The molecule has 3 amide bonds. The number of pyridine rings is 1. The van der Waals surface area contributed by atoms with Crippen molar-refractivity contribution < 1.29 is 44.7 Å². The molecule has 8 nitrogen and oxygen atoms in total. The molecule has 7 rings (SSSR count). The van der Waals surface area contributed by atoms with Crippen molar-refractivity contribution in [1.82, 2.24) is 19.9 Å². The van der Waals surface area contributed by atoms with Crippen LogP contribution in [0.15, 0.2) is 60.9 Å². The molecule has 4 heterocycles. The third-order valence-corrected chi connectivity index (χ3v) is 8.45. The molecule has 2 aromatic heterocycles. The quantitative estimate of drug-likeness (QED) is 0.188. The lowest BCUT2D eigenvalue weighted by Crippen LogP contribution is -2.46. The Labute approximate surface area is 268 Å². The molecule has 0 saturated heterocycles. The highest BCUT2D eigenvalue weighted by Gasteiger charge is 2.43. The number of benzene rings is 3. The third kappa shape index (κ3) is 5.16. The van der Waals surface area contributed by atoms with Gasteiger partial charge in [-0.05, 0) is 72.1 Å². The first-order chi connectivity index (χ1) is 22.6. The van der Waals surface area contributed by atoms with Gasteiger partial charge in [0.1, 0.15) is 18.0 Å². The molecule has 5 aromatic rings. The Morgan fingerprint density at radius 2 is 1.71 bits per heavy atom. The van der Waals surface area contributed by atoms with Crippen molar-refractivity contribution >= 4 is 40.6 Å². The number of halogens is 9. The fraction of sp³-hybridized carbons (Fsp3) is 0.161. The number of fused-ring (bicyclic) bond motifs is 1. The maximum atomic E-state index is 14.6. The number of urea groups is 1. The summed E-state index contributed by atoms with van der Waals surface area (Å²) < 4.78 is 114. The number of alkyl halides is 6. The summed E-state index contributed by atoms with van der Waals surface area (Å²) in [5, 5.41) is 8.79. The van der Waals surface area contributed by atoms with E-state index in [0.717, 1.165) is 24.5 Å². The van der Waals surface area contributed by atoms with Crippen LogP contribution >= 0.6 is 11.6 Å². The summed E-state index contributed by atoms with van der Waals surface area (Å²) in [7, 11) is 0. The van der Waals surface area contributed by atoms with E-state index >= 15 is 0 Å². The van der Waals surface area contributed by atoms with Crippen molar-refractivity contribution in [2.24, 2.45) is 0 Å². The molecule has 2 aliphatic heterocycles. The second kappa shape index (κ2) is 10.9. The van der Waals surface area contributed by atoms with E-state index in [1.165, 1.54) is 23.1 Å². The van der Waals surface area contributed by atoms with Gasteiger partial charge in [0, 0.05) is 39.5 Å². The first kappa shape index (κ1) is 31.4. The minimum atomic E-state index is -5.01. The van der Waals surface area contributed by atoms with Crippen molar-refractivity contribution in [3.05, 3.63) is 111 Å². The highest BCUT2D eigenvalue weighted by atomic mass is 35.5. The number of hydrogen-bond donors (Lipinski definition) is 2. The monoisotopic (exact) mass is 692 g/mol. The van der Waals surface area contributed by atoms with Crippen molar-refractivity contribution in [3.8, 4) is 11.1 Å². The summed E-state index contributed by atoms with van der Waals surface area (Å²) in [4.78, 5) is 31.9. The lowest BCUT2D eigenvalue weighted by atomic mass is 9.87. The van der Waals surface area contributed by atoms with E-state index in [1.54, 1.807) is 0 Å². The first-order valence-electron chi connectivity index (χ1n) is 13.9. The molecule has 1 unspecified atom stereocenters. The van der Waals surface area contributed by atoms with Gasteiger partial charge in [-0.2, -0.15) is 31.4 Å². The van der Waals surface area contributed by atoms with Crippen molar-refractivity contribution in [2.75, 3.05) is 16.8 Å². The molecular formula is C31H17ClF8N6O2. The van der Waals surface area contributed by atoms with Gasteiger partial charge in [0.05, 0.1) is 17.3 Å². The normalized spacial score (nSPS) is 15.9. The van der Waals surface area contributed by atoms with Crippen LogP contribution in [0, 0.1) is 11.6 Å². The van der Waals surface area contributed by atoms with E-state index in [-0.39, 0.29) is 63.3 Å². The van der Waals surface area contributed by atoms with Gasteiger partial charge in [-0.15, -0.1) is 0 Å². The van der Waals surface area contributed by atoms with E-state index in [2.05, 4.69) is 20.7 Å². The van der Waals surface area contributed by atoms with Crippen LogP contribution in [0.2, 0.25) is 5.02 Å². The Morgan fingerprint density at radius 3 is 2.44 bits per heavy atom. The molecule has 48 heavy (non-hydrogen) atoms. The van der Waals surface area contributed by atoms with Gasteiger partial charge in [0.2, 0.25) is 0 Å². The van der Waals surface area contributed by atoms with Crippen LogP contribution in [0.5, 0.6) is 0 Å². The molecule has 2 aliphatic rings. The summed E-state index contributed by atoms with van der Waals surface area (Å²) in [6.07, 6.45) is -9.02. The minimum absolute atomic E-state index is 0.00602. The molecule has 246 valence electrons. The Kier molecular flexibility index (Phi) is 7.12. The van der Waals surface area contributed by atoms with Crippen LogP contribution in [0.1, 0.15) is 44.3 Å². The van der Waals surface area contributed by atoms with Crippen LogP contribution in [-0.4, -0.2) is 33.1 Å². The standard InChI is InChI=1S/C31H17ClF8N6O2/c32-21-3-1-15(33)10-20(21)25-24-22(43-28(47)13-7-14(30(35,36)37)9-16(34)8-13)11-19(17-5-6-45(26(17)24)29(48)44-25)18-2-4-23-41-12-42-46(23)27(18)31(38,39)40/h1-4,7-12,25H,5-6H2,(H,43,47)(H,44,48). The molecule has 0 aliphatic carbocycles. The Morgan fingerprint density at radius 1 is 0.938 bits per heavy atom. The van der Waals surface area contributed by atoms with Gasteiger partial charge >= 0.3 is 18.4 Å². The number of nitrogens with one attached hydrogen (secondary N) is 2. The summed E-state index contributed by atoms with van der Waals surface area (Å²) in [5.41, 5.74) is -3.91. The van der Waals surface area contributed by atoms with Crippen molar-refractivity contribution in [3.63, 3.8) is 0 Å². The van der Waals surface area contributed by atoms with Crippen LogP contribution < -0.4 is 15.5 Å². The molecule has 0 fully saturated rings. The summed E-state index contributed by atoms with van der Waals surface area (Å²) in [6.45, 7) is -0.00602. The fourth-order valence-corrected chi connectivity index (χ4v) is 6.39. The molecule has 3 aromatic carbocycles. The van der Waals surface area contributed by atoms with Gasteiger partial charge < -0.3 is 10.6 Å². The zero-order chi connectivity index (χ0) is 34.3. The molecule has 0 spiro atoms. The number of aromatic nitrogens is 3. The van der Waals surface area contributed by atoms with E-state index in [0.29, 0.717) is 16.6 Å². The number of carbonyl (C=O) groups excluding carboxylic acids is 2. The van der Waals surface area contributed by atoms with Crippen molar-refractivity contribution in [2.45, 2.75) is 24.8 Å². The van der Waals surface area contributed by atoms with Gasteiger partial charge in [0.25, 0.3) is 5.91 Å². The summed E-state index contributed by atoms with van der Waals surface area (Å²) >= 11 is 6.40. The zero-order valence-corrected chi connectivity index (χ0v) is 24.5.